The maximum absolute atomic E-state index is 11.2. The Labute approximate surface area is 145 Å². The average Bonchev–Trinajstić information content (AvgIpc) is 3.22. The average molecular weight is 359 g/mol. The van der Waals surface area contributed by atoms with Crippen LogP contribution in [0.25, 0.3) is 27.4 Å². The van der Waals surface area contributed by atoms with Gasteiger partial charge in [-0.2, -0.15) is 5.10 Å². The van der Waals surface area contributed by atoms with Crippen LogP contribution in [0.5, 0.6) is 0 Å². The Bertz CT molecular complexity index is 1050. The molecule has 0 aliphatic rings. The number of amides is 1. The lowest BCUT2D eigenvalue weighted by Gasteiger charge is -2.06. The van der Waals surface area contributed by atoms with E-state index < -0.39 is 0 Å². The third kappa shape index (κ3) is 2.45. The quantitative estimate of drug-likeness (QED) is 0.586. The van der Waals surface area contributed by atoms with Crippen LogP contribution in [0.15, 0.2) is 36.8 Å². The van der Waals surface area contributed by atoms with E-state index in [-0.39, 0.29) is 5.91 Å². The molecule has 4 aromatic rings. The molecular weight excluding hydrogens is 348 g/mol. The van der Waals surface area contributed by atoms with E-state index in [1.165, 1.54) is 18.3 Å². The van der Waals surface area contributed by atoms with Gasteiger partial charge in [-0.25, -0.2) is 9.97 Å². The lowest BCUT2D eigenvalue weighted by atomic mass is 10.1. The second kappa shape index (κ2) is 5.73. The van der Waals surface area contributed by atoms with Gasteiger partial charge in [-0.3, -0.25) is 14.5 Å². The summed E-state index contributed by atoms with van der Waals surface area (Å²) < 4.78 is 2.67. The fourth-order valence-corrected chi connectivity index (χ4v) is 3.58. The van der Waals surface area contributed by atoms with Crippen molar-refractivity contribution in [2.45, 2.75) is 6.92 Å². The molecule has 0 unspecified atom stereocenters. The Balaban J connectivity index is 1.85. The lowest BCUT2D eigenvalue weighted by Crippen LogP contribution is -2.04. The van der Waals surface area contributed by atoms with Gasteiger partial charge in [0.05, 0.1) is 11.9 Å². The van der Waals surface area contributed by atoms with Crippen molar-refractivity contribution in [3.8, 4) is 17.1 Å². The lowest BCUT2D eigenvalue weighted by molar-refractivity contribution is -0.114. The summed E-state index contributed by atoms with van der Waals surface area (Å²) in [5, 5.41) is 11.0. The highest BCUT2D eigenvalue weighted by Gasteiger charge is 2.18. The van der Waals surface area contributed by atoms with Gasteiger partial charge in [-0.05, 0) is 6.07 Å². The van der Waals surface area contributed by atoms with Crippen LogP contribution in [-0.2, 0) is 4.79 Å². The van der Waals surface area contributed by atoms with Crippen molar-refractivity contribution in [1.82, 2.24) is 24.7 Å². The molecule has 0 atom stereocenters. The van der Waals surface area contributed by atoms with E-state index in [1.807, 2.05) is 28.8 Å². The number of hydrogen-bond donors (Lipinski definition) is 2. The number of aromatic nitrogens is 5. The number of hydrogen-bond acceptors (Lipinski definition) is 5. The number of nitrogens with zero attached hydrogens (tertiary/aromatic N) is 4. The number of thiazole rings is 1. The molecule has 2 N–H and O–H groups in total. The monoisotopic (exact) mass is 358 g/mol. The first-order chi connectivity index (χ1) is 11.6. The van der Waals surface area contributed by atoms with Crippen LogP contribution >= 0.6 is 22.9 Å². The summed E-state index contributed by atoms with van der Waals surface area (Å²) in [5.74, 6) is 0.492. The van der Waals surface area contributed by atoms with Crippen molar-refractivity contribution in [2.24, 2.45) is 0 Å². The number of anilines is 1. The SMILES string of the molecule is CC(=O)Nc1nc2[nH]nc(-n3cncc3-c3ccccc3Cl)c2s1. The number of fused-ring (bicyclic) bond motifs is 1. The zero-order valence-corrected chi connectivity index (χ0v) is 14.0. The van der Waals surface area contributed by atoms with Crippen LogP contribution < -0.4 is 5.32 Å². The number of H-pyrrole nitrogens is 1. The van der Waals surface area contributed by atoms with E-state index >= 15 is 0 Å². The van der Waals surface area contributed by atoms with Crippen LogP contribution in [0, 0.1) is 0 Å². The molecular formula is C15H11ClN6OS. The molecule has 7 nitrogen and oxygen atoms in total. The summed E-state index contributed by atoms with van der Waals surface area (Å²) in [5.41, 5.74) is 2.29. The smallest absolute Gasteiger partial charge is 0.223 e. The van der Waals surface area contributed by atoms with E-state index in [0.29, 0.717) is 21.6 Å². The standard InChI is InChI=1S/C15H11ClN6OS/c1-8(23)18-15-19-13-12(24-15)14(21-20-13)22-7-17-6-11(22)9-4-2-3-5-10(9)16/h2-7H,1H3,(H2,18,19,20,21,23). The van der Waals surface area contributed by atoms with Crippen LogP contribution in [-0.4, -0.2) is 30.6 Å². The number of halogens is 1. The first-order valence-electron chi connectivity index (χ1n) is 7.03. The highest BCUT2D eigenvalue weighted by molar-refractivity contribution is 7.22. The van der Waals surface area contributed by atoms with Gasteiger partial charge in [-0.1, -0.05) is 41.1 Å². The minimum atomic E-state index is -0.166. The van der Waals surface area contributed by atoms with E-state index in [2.05, 4.69) is 25.5 Å². The molecule has 0 bridgehead atoms. The zero-order chi connectivity index (χ0) is 16.7. The Morgan fingerprint density at radius 2 is 2.21 bits per heavy atom. The number of nitrogens with one attached hydrogen (secondary N) is 2. The van der Waals surface area contributed by atoms with Gasteiger partial charge in [-0.15, -0.1) is 0 Å². The number of benzene rings is 1. The van der Waals surface area contributed by atoms with Crippen molar-refractivity contribution >= 4 is 44.3 Å². The predicted octanol–water partition coefficient (Wildman–Crippen LogP) is 3.48. The van der Waals surface area contributed by atoms with Crippen LogP contribution in [0.3, 0.4) is 0 Å². The third-order valence-electron chi connectivity index (χ3n) is 3.40. The largest absolute Gasteiger partial charge is 0.302 e. The number of imidazole rings is 1. The Kier molecular flexibility index (Phi) is 3.55. The van der Waals surface area contributed by atoms with Gasteiger partial charge in [0.15, 0.2) is 16.6 Å². The second-order valence-corrected chi connectivity index (χ2v) is 6.46. The van der Waals surface area contributed by atoms with Crippen molar-refractivity contribution in [2.75, 3.05) is 5.32 Å². The molecule has 0 aliphatic heterocycles. The summed E-state index contributed by atoms with van der Waals surface area (Å²) in [4.78, 5) is 19.7. The van der Waals surface area contributed by atoms with Gasteiger partial charge in [0.2, 0.25) is 5.91 Å². The van der Waals surface area contributed by atoms with Crippen molar-refractivity contribution < 1.29 is 4.79 Å². The van der Waals surface area contributed by atoms with E-state index in [1.54, 1.807) is 12.5 Å². The molecule has 24 heavy (non-hydrogen) atoms. The van der Waals surface area contributed by atoms with Crippen LogP contribution in [0.2, 0.25) is 5.02 Å². The minimum Gasteiger partial charge on any atom is -0.302 e. The van der Waals surface area contributed by atoms with Gasteiger partial charge in [0.25, 0.3) is 0 Å². The topological polar surface area (TPSA) is 88.5 Å². The maximum Gasteiger partial charge on any atom is 0.223 e. The van der Waals surface area contributed by atoms with Crippen molar-refractivity contribution in [3.63, 3.8) is 0 Å². The van der Waals surface area contributed by atoms with Gasteiger partial charge in [0, 0.05) is 17.5 Å². The van der Waals surface area contributed by atoms with Gasteiger partial charge >= 0.3 is 0 Å². The van der Waals surface area contributed by atoms with Crippen LogP contribution in [0.1, 0.15) is 6.92 Å². The molecule has 0 saturated carbocycles. The Morgan fingerprint density at radius 3 is 3.00 bits per heavy atom. The summed E-state index contributed by atoms with van der Waals surface area (Å²) in [7, 11) is 0. The van der Waals surface area contributed by atoms with Gasteiger partial charge in [0.1, 0.15) is 11.0 Å². The summed E-state index contributed by atoms with van der Waals surface area (Å²) in [6, 6.07) is 7.55. The number of rotatable bonds is 3. The molecule has 4 rings (SSSR count). The summed E-state index contributed by atoms with van der Waals surface area (Å²) in [6.45, 7) is 1.44. The summed E-state index contributed by atoms with van der Waals surface area (Å²) >= 11 is 7.65. The highest BCUT2D eigenvalue weighted by atomic mass is 35.5. The molecule has 3 heterocycles. The number of carbonyl (C=O) groups excluding carboxylic acids is 1. The van der Waals surface area contributed by atoms with E-state index in [0.717, 1.165) is 16.0 Å². The zero-order valence-electron chi connectivity index (χ0n) is 12.4. The van der Waals surface area contributed by atoms with Gasteiger partial charge < -0.3 is 5.32 Å². The second-order valence-electron chi connectivity index (χ2n) is 5.05. The molecule has 0 aliphatic carbocycles. The van der Waals surface area contributed by atoms with Crippen molar-refractivity contribution in [3.05, 3.63) is 41.8 Å². The third-order valence-corrected chi connectivity index (χ3v) is 4.69. The first kappa shape index (κ1) is 14.9. The molecule has 0 fully saturated rings. The number of carbonyl (C=O) groups is 1. The minimum absolute atomic E-state index is 0.166. The first-order valence-corrected chi connectivity index (χ1v) is 8.23. The van der Waals surface area contributed by atoms with E-state index in [9.17, 15) is 4.79 Å². The maximum atomic E-state index is 11.2. The normalized spacial score (nSPS) is 11.1. The fraction of sp³-hybridized carbons (Fsp3) is 0.0667. The summed E-state index contributed by atoms with van der Waals surface area (Å²) in [6.07, 6.45) is 3.41. The molecule has 0 radical (unpaired) electrons. The Hall–Kier alpha value is -2.71. The molecule has 0 saturated heterocycles. The fourth-order valence-electron chi connectivity index (χ4n) is 2.40. The van der Waals surface area contributed by atoms with Crippen LogP contribution in [0.4, 0.5) is 5.13 Å². The Morgan fingerprint density at radius 1 is 1.38 bits per heavy atom. The highest BCUT2D eigenvalue weighted by Crippen LogP contribution is 2.33. The molecule has 120 valence electrons. The molecule has 0 spiro atoms. The molecule has 1 amide bonds. The molecule has 9 heteroatoms. The molecule has 1 aromatic carbocycles. The molecule has 3 aromatic heterocycles. The van der Waals surface area contributed by atoms with E-state index in [4.69, 9.17) is 11.6 Å². The number of aromatic amines is 1. The predicted molar refractivity (Wildman–Crippen MR) is 93.6 cm³/mol. The van der Waals surface area contributed by atoms with Crippen molar-refractivity contribution in [1.29, 1.82) is 0 Å².